The number of pyridine rings is 1. The summed E-state index contributed by atoms with van der Waals surface area (Å²) in [6.07, 6.45) is 4.39. The predicted molar refractivity (Wildman–Crippen MR) is 91.4 cm³/mol. The first-order chi connectivity index (χ1) is 10.2. The van der Waals surface area contributed by atoms with E-state index in [0.29, 0.717) is 6.42 Å². The molecule has 0 spiro atoms. The van der Waals surface area contributed by atoms with Crippen LogP contribution < -0.4 is 5.73 Å². The van der Waals surface area contributed by atoms with Crippen molar-refractivity contribution in [1.82, 2.24) is 4.98 Å². The number of aromatic nitrogens is 1. The Balaban J connectivity index is 1.80. The molecule has 2 nitrogen and oxygen atoms in total. The lowest BCUT2D eigenvalue weighted by atomic mass is 9.98. The van der Waals surface area contributed by atoms with Gasteiger partial charge in [-0.05, 0) is 22.6 Å². The fraction of sp³-hybridized carbons (Fsp3) is 0.111. The van der Waals surface area contributed by atoms with Gasteiger partial charge in [0.15, 0.2) is 0 Å². The summed E-state index contributed by atoms with van der Waals surface area (Å²) >= 11 is 5.53. The van der Waals surface area contributed by atoms with Crippen LogP contribution in [-0.2, 0) is 6.42 Å². The molecule has 0 aliphatic carbocycles. The number of hydrogen-bond donors (Lipinski definition) is 1. The summed E-state index contributed by atoms with van der Waals surface area (Å²) in [6.45, 7) is 0. The minimum Gasteiger partial charge on any atom is -0.320 e. The van der Waals surface area contributed by atoms with E-state index in [1.165, 1.54) is 10.9 Å². The summed E-state index contributed by atoms with van der Waals surface area (Å²) in [5, 5.41) is 2.32. The lowest BCUT2D eigenvalue weighted by Crippen LogP contribution is -2.21. The lowest BCUT2D eigenvalue weighted by molar-refractivity contribution is 0.956. The molecular weight excluding hydrogens is 276 g/mol. The average molecular weight is 292 g/mol. The van der Waals surface area contributed by atoms with Crippen molar-refractivity contribution >= 4 is 27.9 Å². The first-order valence-electron chi connectivity index (χ1n) is 6.90. The highest BCUT2D eigenvalue weighted by Gasteiger charge is 2.12. The highest BCUT2D eigenvalue weighted by Crippen LogP contribution is 2.18. The number of thiocarbonyl (C=S) groups is 1. The second kappa shape index (κ2) is 6.12. The Morgan fingerprint density at radius 3 is 2.67 bits per heavy atom. The summed E-state index contributed by atoms with van der Waals surface area (Å²) < 4.78 is 0. The van der Waals surface area contributed by atoms with Crippen molar-refractivity contribution in [2.45, 2.75) is 12.5 Å². The van der Waals surface area contributed by atoms with Crippen LogP contribution in [0.4, 0.5) is 0 Å². The topological polar surface area (TPSA) is 38.9 Å². The van der Waals surface area contributed by atoms with E-state index in [4.69, 9.17) is 18.0 Å². The van der Waals surface area contributed by atoms with Gasteiger partial charge < -0.3 is 5.73 Å². The minimum atomic E-state index is -0.200. The van der Waals surface area contributed by atoms with Crippen molar-refractivity contribution in [2.24, 2.45) is 5.73 Å². The summed E-state index contributed by atoms with van der Waals surface area (Å²) in [7, 11) is 0. The van der Waals surface area contributed by atoms with Crippen molar-refractivity contribution < 1.29 is 0 Å². The molecule has 2 N–H and O–H groups in total. The molecule has 3 aromatic rings. The molecule has 0 saturated heterocycles. The SMILES string of the molecule is N[C@@H](C(=S)Cc1ccc2cnccc2c1)c1ccccc1. The quantitative estimate of drug-likeness (QED) is 0.742. The number of fused-ring (bicyclic) bond motifs is 1. The molecule has 21 heavy (non-hydrogen) atoms. The van der Waals surface area contributed by atoms with Gasteiger partial charge in [-0.1, -0.05) is 60.7 Å². The molecule has 0 aliphatic heterocycles. The zero-order valence-electron chi connectivity index (χ0n) is 11.6. The Kier molecular flexibility index (Phi) is 4.04. The number of nitrogens with zero attached hydrogens (tertiary/aromatic N) is 1. The van der Waals surface area contributed by atoms with E-state index in [1.54, 1.807) is 6.20 Å². The van der Waals surface area contributed by atoms with Gasteiger partial charge in [0.05, 0.1) is 6.04 Å². The summed E-state index contributed by atoms with van der Waals surface area (Å²) in [6, 6.07) is 18.1. The van der Waals surface area contributed by atoms with Crippen LogP contribution in [0.25, 0.3) is 10.8 Å². The zero-order chi connectivity index (χ0) is 14.7. The third-order valence-electron chi connectivity index (χ3n) is 3.59. The van der Waals surface area contributed by atoms with Gasteiger partial charge in [0.2, 0.25) is 0 Å². The number of benzene rings is 2. The van der Waals surface area contributed by atoms with Crippen LogP contribution in [0.1, 0.15) is 17.2 Å². The van der Waals surface area contributed by atoms with E-state index in [1.807, 2.05) is 42.6 Å². The van der Waals surface area contributed by atoms with E-state index in [9.17, 15) is 0 Å². The van der Waals surface area contributed by atoms with E-state index in [2.05, 4.69) is 23.2 Å². The van der Waals surface area contributed by atoms with Crippen LogP contribution in [0, 0.1) is 0 Å². The molecule has 1 aromatic heterocycles. The van der Waals surface area contributed by atoms with E-state index in [-0.39, 0.29) is 6.04 Å². The molecule has 0 aliphatic rings. The first-order valence-corrected chi connectivity index (χ1v) is 7.31. The molecule has 0 saturated carbocycles. The Morgan fingerprint density at radius 2 is 1.86 bits per heavy atom. The van der Waals surface area contributed by atoms with Gasteiger partial charge in [-0.25, -0.2) is 0 Å². The normalized spacial score (nSPS) is 12.2. The predicted octanol–water partition coefficient (Wildman–Crippen LogP) is 3.85. The molecule has 0 radical (unpaired) electrons. The van der Waals surface area contributed by atoms with Crippen LogP contribution in [0.2, 0.25) is 0 Å². The monoisotopic (exact) mass is 292 g/mol. The maximum atomic E-state index is 6.25. The van der Waals surface area contributed by atoms with Crippen molar-refractivity contribution in [3.63, 3.8) is 0 Å². The van der Waals surface area contributed by atoms with Gasteiger partial charge in [0.25, 0.3) is 0 Å². The first kappa shape index (κ1) is 13.9. The van der Waals surface area contributed by atoms with Crippen LogP contribution in [0.5, 0.6) is 0 Å². The van der Waals surface area contributed by atoms with Crippen LogP contribution in [0.15, 0.2) is 67.0 Å². The third-order valence-corrected chi connectivity index (χ3v) is 3.99. The number of nitrogens with two attached hydrogens (primary N) is 1. The largest absolute Gasteiger partial charge is 0.320 e. The van der Waals surface area contributed by atoms with Crippen molar-refractivity contribution in [1.29, 1.82) is 0 Å². The average Bonchev–Trinajstić information content (AvgIpc) is 2.55. The Bertz CT molecular complexity index is 768. The third kappa shape index (κ3) is 3.15. The molecule has 104 valence electrons. The molecule has 2 aromatic carbocycles. The second-order valence-electron chi connectivity index (χ2n) is 5.09. The van der Waals surface area contributed by atoms with Crippen molar-refractivity contribution in [2.75, 3.05) is 0 Å². The maximum absolute atomic E-state index is 6.25. The molecule has 1 heterocycles. The molecule has 0 unspecified atom stereocenters. The molecule has 3 rings (SSSR count). The van der Waals surface area contributed by atoms with Crippen LogP contribution in [-0.4, -0.2) is 9.85 Å². The summed E-state index contributed by atoms with van der Waals surface area (Å²) in [5.41, 5.74) is 8.50. The van der Waals surface area contributed by atoms with E-state index < -0.39 is 0 Å². The highest BCUT2D eigenvalue weighted by atomic mass is 32.1. The zero-order valence-corrected chi connectivity index (χ0v) is 12.4. The van der Waals surface area contributed by atoms with Gasteiger partial charge in [-0.15, -0.1) is 0 Å². The van der Waals surface area contributed by atoms with E-state index in [0.717, 1.165) is 15.8 Å². The Morgan fingerprint density at radius 1 is 1.05 bits per heavy atom. The van der Waals surface area contributed by atoms with Gasteiger partial charge in [-0.2, -0.15) is 0 Å². The molecular formula is C18H16N2S. The summed E-state index contributed by atoms with van der Waals surface area (Å²) in [4.78, 5) is 4.98. The fourth-order valence-electron chi connectivity index (χ4n) is 2.40. The van der Waals surface area contributed by atoms with Gasteiger partial charge in [0, 0.05) is 29.1 Å². The minimum absolute atomic E-state index is 0.200. The van der Waals surface area contributed by atoms with E-state index >= 15 is 0 Å². The molecule has 3 heteroatoms. The smallest absolute Gasteiger partial charge is 0.0618 e. The van der Waals surface area contributed by atoms with Crippen molar-refractivity contribution in [3.8, 4) is 0 Å². The molecule has 0 amide bonds. The van der Waals surface area contributed by atoms with Crippen LogP contribution in [0.3, 0.4) is 0 Å². The second-order valence-corrected chi connectivity index (χ2v) is 5.61. The van der Waals surface area contributed by atoms with Crippen molar-refractivity contribution in [3.05, 3.63) is 78.1 Å². The van der Waals surface area contributed by atoms with Crippen LogP contribution >= 0.6 is 12.2 Å². The number of rotatable bonds is 4. The molecule has 0 fully saturated rings. The summed E-state index contributed by atoms with van der Waals surface area (Å²) in [5.74, 6) is 0. The van der Waals surface area contributed by atoms with Gasteiger partial charge in [0.1, 0.15) is 0 Å². The standard InChI is InChI=1S/C18H16N2S/c19-18(14-4-2-1-3-5-14)17(21)11-13-6-7-16-12-20-9-8-15(16)10-13/h1-10,12,18H,11,19H2/t18-/m1/s1. The number of hydrogen-bond acceptors (Lipinski definition) is 3. The molecule has 1 atom stereocenters. The highest BCUT2D eigenvalue weighted by molar-refractivity contribution is 7.80. The molecule has 0 bridgehead atoms. The Labute approximate surface area is 129 Å². The Hall–Kier alpha value is -2.10. The lowest BCUT2D eigenvalue weighted by Gasteiger charge is -2.14. The fourth-order valence-corrected chi connectivity index (χ4v) is 2.70. The maximum Gasteiger partial charge on any atom is 0.0618 e. The van der Waals surface area contributed by atoms with Gasteiger partial charge in [-0.3, -0.25) is 4.98 Å². The van der Waals surface area contributed by atoms with Gasteiger partial charge >= 0.3 is 0 Å².